The zero-order valence-electron chi connectivity index (χ0n) is 11.8. The van der Waals surface area contributed by atoms with Crippen LogP contribution in [0.5, 0.6) is 5.75 Å². The van der Waals surface area contributed by atoms with Gasteiger partial charge in [-0.15, -0.1) is 0 Å². The SMILES string of the molecule is COc1ccc(C(=O)c2cccc3c2CCCN3)cc1F. The topological polar surface area (TPSA) is 38.3 Å². The normalized spacial score (nSPS) is 13.2. The largest absolute Gasteiger partial charge is 0.494 e. The maximum Gasteiger partial charge on any atom is 0.193 e. The van der Waals surface area contributed by atoms with Crippen molar-refractivity contribution in [2.75, 3.05) is 19.0 Å². The Bertz CT molecular complexity index is 697. The van der Waals surface area contributed by atoms with E-state index in [0.29, 0.717) is 11.1 Å². The summed E-state index contributed by atoms with van der Waals surface area (Å²) in [6, 6.07) is 9.94. The van der Waals surface area contributed by atoms with Crippen molar-refractivity contribution in [1.29, 1.82) is 0 Å². The van der Waals surface area contributed by atoms with Gasteiger partial charge in [0.05, 0.1) is 7.11 Å². The van der Waals surface area contributed by atoms with Gasteiger partial charge in [0.15, 0.2) is 17.3 Å². The fourth-order valence-electron chi connectivity index (χ4n) is 2.69. The number of hydrogen-bond acceptors (Lipinski definition) is 3. The van der Waals surface area contributed by atoms with Gasteiger partial charge in [0.25, 0.3) is 0 Å². The van der Waals surface area contributed by atoms with E-state index in [4.69, 9.17) is 4.74 Å². The van der Waals surface area contributed by atoms with Gasteiger partial charge in [-0.05, 0) is 42.7 Å². The molecular formula is C17H16FNO2. The fraction of sp³-hybridized carbons (Fsp3) is 0.235. The van der Waals surface area contributed by atoms with Gasteiger partial charge < -0.3 is 10.1 Å². The molecule has 0 aromatic heterocycles. The summed E-state index contributed by atoms with van der Waals surface area (Å²) in [6.07, 6.45) is 1.86. The van der Waals surface area contributed by atoms with E-state index in [1.807, 2.05) is 12.1 Å². The Morgan fingerprint density at radius 2 is 2.14 bits per heavy atom. The van der Waals surface area contributed by atoms with Crippen LogP contribution in [0.25, 0.3) is 0 Å². The standard InChI is InChI=1S/C17H16FNO2/c1-21-16-8-7-11(10-14(16)18)17(20)13-4-2-6-15-12(13)5-3-9-19-15/h2,4,6-8,10,19H,3,5,9H2,1H3. The molecule has 1 aliphatic rings. The van der Waals surface area contributed by atoms with E-state index in [2.05, 4.69) is 5.32 Å². The maximum atomic E-state index is 13.8. The summed E-state index contributed by atoms with van der Waals surface area (Å²) in [4.78, 5) is 12.6. The zero-order chi connectivity index (χ0) is 14.8. The van der Waals surface area contributed by atoms with Crippen LogP contribution in [-0.4, -0.2) is 19.4 Å². The second-order valence-electron chi connectivity index (χ2n) is 5.04. The Balaban J connectivity index is 2.01. The molecule has 0 unspecified atom stereocenters. The minimum Gasteiger partial charge on any atom is -0.494 e. The molecule has 2 aromatic rings. The molecule has 0 bridgehead atoms. The van der Waals surface area contributed by atoms with Gasteiger partial charge in [0.2, 0.25) is 0 Å². The molecule has 2 aromatic carbocycles. The number of methoxy groups -OCH3 is 1. The number of fused-ring (bicyclic) bond motifs is 1. The minimum atomic E-state index is -0.522. The molecule has 0 radical (unpaired) electrons. The van der Waals surface area contributed by atoms with E-state index in [0.717, 1.165) is 30.6 Å². The van der Waals surface area contributed by atoms with E-state index in [1.165, 1.54) is 19.2 Å². The number of rotatable bonds is 3. The molecular weight excluding hydrogens is 269 g/mol. The highest BCUT2D eigenvalue weighted by atomic mass is 19.1. The van der Waals surface area contributed by atoms with Gasteiger partial charge in [0, 0.05) is 23.4 Å². The molecule has 1 N–H and O–H groups in total. The Kier molecular flexibility index (Phi) is 3.60. The monoisotopic (exact) mass is 285 g/mol. The summed E-state index contributed by atoms with van der Waals surface area (Å²) in [6.45, 7) is 0.918. The predicted octanol–water partition coefficient (Wildman–Crippen LogP) is 3.42. The summed E-state index contributed by atoms with van der Waals surface area (Å²) in [5.41, 5.74) is 3.00. The summed E-state index contributed by atoms with van der Waals surface area (Å²) in [5.74, 6) is -0.535. The van der Waals surface area contributed by atoms with Gasteiger partial charge >= 0.3 is 0 Å². The number of benzene rings is 2. The lowest BCUT2D eigenvalue weighted by atomic mass is 9.92. The van der Waals surface area contributed by atoms with Crippen molar-refractivity contribution in [2.45, 2.75) is 12.8 Å². The van der Waals surface area contributed by atoms with Crippen LogP contribution in [0, 0.1) is 5.82 Å². The number of carbonyl (C=O) groups excluding carboxylic acids is 1. The Morgan fingerprint density at radius 1 is 1.29 bits per heavy atom. The molecule has 0 aliphatic carbocycles. The van der Waals surface area contributed by atoms with E-state index >= 15 is 0 Å². The van der Waals surface area contributed by atoms with Crippen LogP contribution in [0.15, 0.2) is 36.4 Å². The van der Waals surface area contributed by atoms with Crippen molar-refractivity contribution in [2.24, 2.45) is 0 Å². The number of nitrogens with one attached hydrogen (secondary N) is 1. The van der Waals surface area contributed by atoms with Crippen LogP contribution in [0.3, 0.4) is 0 Å². The average Bonchev–Trinajstić information content (AvgIpc) is 2.53. The molecule has 0 amide bonds. The third-order valence-electron chi connectivity index (χ3n) is 3.75. The van der Waals surface area contributed by atoms with Gasteiger partial charge in [-0.3, -0.25) is 4.79 Å². The summed E-state index contributed by atoms with van der Waals surface area (Å²) < 4.78 is 18.7. The van der Waals surface area contributed by atoms with E-state index < -0.39 is 5.82 Å². The Labute approximate surface area is 122 Å². The number of ketones is 1. The van der Waals surface area contributed by atoms with Crippen molar-refractivity contribution in [3.05, 3.63) is 58.9 Å². The second kappa shape index (κ2) is 5.56. The molecule has 21 heavy (non-hydrogen) atoms. The number of halogens is 1. The maximum absolute atomic E-state index is 13.8. The van der Waals surface area contributed by atoms with Crippen molar-refractivity contribution >= 4 is 11.5 Å². The first-order valence-corrected chi connectivity index (χ1v) is 6.94. The second-order valence-corrected chi connectivity index (χ2v) is 5.04. The van der Waals surface area contributed by atoms with Crippen molar-refractivity contribution < 1.29 is 13.9 Å². The number of hydrogen-bond donors (Lipinski definition) is 1. The lowest BCUT2D eigenvalue weighted by Gasteiger charge is -2.20. The first-order valence-electron chi connectivity index (χ1n) is 6.94. The van der Waals surface area contributed by atoms with Crippen molar-refractivity contribution in [3.63, 3.8) is 0 Å². The predicted molar refractivity (Wildman–Crippen MR) is 79.6 cm³/mol. The van der Waals surface area contributed by atoms with E-state index in [-0.39, 0.29) is 11.5 Å². The third kappa shape index (κ3) is 2.49. The first kappa shape index (κ1) is 13.6. The van der Waals surface area contributed by atoms with Crippen LogP contribution >= 0.6 is 0 Å². The molecule has 0 saturated carbocycles. The van der Waals surface area contributed by atoms with Gasteiger partial charge in [-0.2, -0.15) is 0 Å². The number of carbonyl (C=O) groups is 1. The highest BCUT2D eigenvalue weighted by Crippen LogP contribution is 2.28. The number of anilines is 1. The smallest absolute Gasteiger partial charge is 0.193 e. The molecule has 3 nitrogen and oxygen atoms in total. The van der Waals surface area contributed by atoms with Crippen LogP contribution in [-0.2, 0) is 6.42 Å². The lowest BCUT2D eigenvalue weighted by Crippen LogP contribution is -2.16. The summed E-state index contributed by atoms with van der Waals surface area (Å²) in [7, 11) is 1.40. The summed E-state index contributed by atoms with van der Waals surface area (Å²) >= 11 is 0. The Hall–Kier alpha value is -2.36. The molecule has 0 fully saturated rings. The van der Waals surface area contributed by atoms with Crippen molar-refractivity contribution in [1.82, 2.24) is 0 Å². The average molecular weight is 285 g/mol. The van der Waals surface area contributed by atoms with Crippen molar-refractivity contribution in [3.8, 4) is 5.75 Å². The quantitative estimate of drug-likeness (QED) is 0.878. The minimum absolute atomic E-state index is 0.142. The highest BCUT2D eigenvalue weighted by molar-refractivity contribution is 6.10. The zero-order valence-corrected chi connectivity index (χ0v) is 11.8. The molecule has 3 rings (SSSR count). The van der Waals surface area contributed by atoms with Crippen LogP contribution in [0.1, 0.15) is 27.9 Å². The van der Waals surface area contributed by atoms with Crippen LogP contribution in [0.4, 0.5) is 10.1 Å². The molecule has 0 saturated heterocycles. The molecule has 108 valence electrons. The van der Waals surface area contributed by atoms with E-state index in [1.54, 1.807) is 12.1 Å². The van der Waals surface area contributed by atoms with Crippen LogP contribution in [0.2, 0.25) is 0 Å². The van der Waals surface area contributed by atoms with E-state index in [9.17, 15) is 9.18 Å². The molecule has 0 spiro atoms. The fourth-order valence-corrected chi connectivity index (χ4v) is 2.69. The molecule has 1 heterocycles. The third-order valence-corrected chi connectivity index (χ3v) is 3.75. The molecule has 4 heteroatoms. The Morgan fingerprint density at radius 3 is 2.90 bits per heavy atom. The highest BCUT2D eigenvalue weighted by Gasteiger charge is 2.19. The first-order chi connectivity index (χ1) is 10.2. The molecule has 0 atom stereocenters. The van der Waals surface area contributed by atoms with Gasteiger partial charge in [0.1, 0.15) is 0 Å². The lowest BCUT2D eigenvalue weighted by molar-refractivity contribution is 0.103. The van der Waals surface area contributed by atoms with Gasteiger partial charge in [-0.1, -0.05) is 12.1 Å². The van der Waals surface area contributed by atoms with Gasteiger partial charge in [-0.25, -0.2) is 4.39 Å². The summed E-state index contributed by atoms with van der Waals surface area (Å²) in [5, 5.41) is 3.29. The molecule has 1 aliphatic heterocycles. The van der Waals surface area contributed by atoms with Crippen LogP contribution < -0.4 is 10.1 Å². The number of ether oxygens (including phenoxy) is 1.